The quantitative estimate of drug-likeness (QED) is 0.620. The molecule has 1 unspecified atom stereocenters. The monoisotopic (exact) mass is 251 g/mol. The molecule has 1 aliphatic rings. The molecule has 0 aromatic heterocycles. The van der Waals surface area contributed by atoms with E-state index < -0.39 is 0 Å². The molecular formula is C14H21NOS. The summed E-state index contributed by atoms with van der Waals surface area (Å²) in [7, 11) is 0. The maximum atomic E-state index is 5.59. The van der Waals surface area contributed by atoms with Crippen LogP contribution in [0.2, 0.25) is 0 Å². The molecule has 0 spiro atoms. The molecule has 1 aliphatic heterocycles. The van der Waals surface area contributed by atoms with Gasteiger partial charge in [0.05, 0.1) is 6.10 Å². The molecule has 0 bridgehead atoms. The molecule has 2 rings (SSSR count). The molecule has 1 N–H and O–H groups in total. The minimum atomic E-state index is 0.501. The van der Waals surface area contributed by atoms with Gasteiger partial charge in [-0.2, -0.15) is 0 Å². The number of nitrogens with one attached hydrogen (secondary N) is 1. The molecule has 1 fully saturated rings. The lowest BCUT2D eigenvalue weighted by molar-refractivity contribution is 0.104. The molecule has 0 radical (unpaired) electrons. The Kier molecular flexibility index (Phi) is 5.36. The fourth-order valence-corrected chi connectivity index (χ4v) is 2.52. The third-order valence-electron chi connectivity index (χ3n) is 3.16. The average molecular weight is 251 g/mol. The van der Waals surface area contributed by atoms with Gasteiger partial charge >= 0.3 is 0 Å². The molecule has 0 aliphatic carbocycles. The van der Waals surface area contributed by atoms with Crippen molar-refractivity contribution in [3.05, 3.63) is 29.8 Å². The second kappa shape index (κ2) is 7.04. The Hall–Kier alpha value is -0.510. The van der Waals surface area contributed by atoms with Gasteiger partial charge < -0.3 is 10.1 Å². The zero-order valence-electron chi connectivity index (χ0n) is 10.4. The van der Waals surface area contributed by atoms with E-state index in [0.29, 0.717) is 6.10 Å². The Morgan fingerprint density at radius 1 is 1.35 bits per heavy atom. The third kappa shape index (κ3) is 4.34. The normalized spacial score (nSPS) is 19.7. The Balaban J connectivity index is 1.63. The lowest BCUT2D eigenvalue weighted by Gasteiger charge is -2.10. The summed E-state index contributed by atoms with van der Waals surface area (Å²) in [6, 6.07) is 8.76. The van der Waals surface area contributed by atoms with Crippen LogP contribution in [0.3, 0.4) is 0 Å². The fourth-order valence-electron chi connectivity index (χ4n) is 2.11. The zero-order valence-corrected chi connectivity index (χ0v) is 11.3. The van der Waals surface area contributed by atoms with Gasteiger partial charge in [-0.3, -0.25) is 0 Å². The summed E-state index contributed by atoms with van der Waals surface area (Å²) in [5.74, 6) is 0. The Morgan fingerprint density at radius 3 is 2.82 bits per heavy atom. The largest absolute Gasteiger partial charge is 0.378 e. The van der Waals surface area contributed by atoms with Crippen LogP contribution in [0.25, 0.3) is 0 Å². The molecule has 94 valence electrons. The van der Waals surface area contributed by atoms with E-state index in [-0.39, 0.29) is 0 Å². The SMILES string of the molecule is CSc1ccc(CNCCC2CCCO2)cc1. The number of benzene rings is 1. The van der Waals surface area contributed by atoms with Crippen molar-refractivity contribution in [3.63, 3.8) is 0 Å². The maximum absolute atomic E-state index is 5.59. The van der Waals surface area contributed by atoms with Gasteiger partial charge in [0.25, 0.3) is 0 Å². The van der Waals surface area contributed by atoms with Crippen LogP contribution >= 0.6 is 11.8 Å². The maximum Gasteiger partial charge on any atom is 0.0588 e. The Labute approximate surface area is 108 Å². The van der Waals surface area contributed by atoms with E-state index in [0.717, 1.165) is 26.1 Å². The van der Waals surface area contributed by atoms with Crippen molar-refractivity contribution in [2.45, 2.75) is 36.8 Å². The van der Waals surface area contributed by atoms with Crippen LogP contribution < -0.4 is 5.32 Å². The van der Waals surface area contributed by atoms with Gasteiger partial charge in [0.2, 0.25) is 0 Å². The van der Waals surface area contributed by atoms with E-state index in [9.17, 15) is 0 Å². The van der Waals surface area contributed by atoms with Gasteiger partial charge in [0.15, 0.2) is 0 Å². The van der Waals surface area contributed by atoms with Gasteiger partial charge in [-0.05, 0) is 49.8 Å². The zero-order chi connectivity index (χ0) is 11.9. The number of thioether (sulfide) groups is 1. The highest BCUT2D eigenvalue weighted by molar-refractivity contribution is 7.98. The number of rotatable bonds is 6. The minimum Gasteiger partial charge on any atom is -0.378 e. The van der Waals surface area contributed by atoms with Crippen LogP contribution in [0, 0.1) is 0 Å². The van der Waals surface area contributed by atoms with Crippen molar-refractivity contribution in [2.24, 2.45) is 0 Å². The molecule has 3 heteroatoms. The summed E-state index contributed by atoms with van der Waals surface area (Å²) in [5, 5.41) is 3.48. The molecule has 1 heterocycles. The minimum absolute atomic E-state index is 0.501. The van der Waals surface area contributed by atoms with Gasteiger partial charge in [-0.1, -0.05) is 12.1 Å². The number of hydrogen-bond donors (Lipinski definition) is 1. The molecule has 0 amide bonds. The van der Waals surface area contributed by atoms with Crippen LogP contribution in [0.15, 0.2) is 29.2 Å². The van der Waals surface area contributed by atoms with Gasteiger partial charge in [-0.15, -0.1) is 11.8 Å². The van der Waals surface area contributed by atoms with Crippen LogP contribution in [0.4, 0.5) is 0 Å². The fraction of sp³-hybridized carbons (Fsp3) is 0.571. The molecule has 17 heavy (non-hydrogen) atoms. The van der Waals surface area contributed by atoms with E-state index in [2.05, 4.69) is 35.8 Å². The standard InChI is InChI=1S/C14H21NOS/c1-17-14-6-4-12(5-7-14)11-15-9-8-13-3-2-10-16-13/h4-7,13,15H,2-3,8-11H2,1H3. The second-order valence-electron chi connectivity index (χ2n) is 4.45. The van der Waals surface area contributed by atoms with E-state index in [1.54, 1.807) is 11.8 Å². The second-order valence-corrected chi connectivity index (χ2v) is 5.33. The highest BCUT2D eigenvalue weighted by Gasteiger charge is 2.14. The van der Waals surface area contributed by atoms with Crippen LogP contribution in [0.5, 0.6) is 0 Å². The van der Waals surface area contributed by atoms with Crippen molar-refractivity contribution in [1.82, 2.24) is 5.32 Å². The molecule has 0 saturated carbocycles. The first kappa shape index (κ1) is 12.9. The smallest absolute Gasteiger partial charge is 0.0588 e. The lowest BCUT2D eigenvalue weighted by Crippen LogP contribution is -2.19. The van der Waals surface area contributed by atoms with E-state index in [4.69, 9.17) is 4.74 Å². The van der Waals surface area contributed by atoms with Crippen molar-refractivity contribution < 1.29 is 4.74 Å². The van der Waals surface area contributed by atoms with Crippen molar-refractivity contribution >= 4 is 11.8 Å². The number of hydrogen-bond acceptors (Lipinski definition) is 3. The van der Waals surface area contributed by atoms with Crippen LogP contribution in [0.1, 0.15) is 24.8 Å². The van der Waals surface area contributed by atoms with Crippen molar-refractivity contribution in [2.75, 3.05) is 19.4 Å². The average Bonchev–Trinajstić information content (AvgIpc) is 2.88. The predicted octanol–water partition coefficient (Wildman–Crippen LogP) is 3.07. The van der Waals surface area contributed by atoms with E-state index in [1.807, 2.05) is 0 Å². The summed E-state index contributed by atoms with van der Waals surface area (Å²) in [4.78, 5) is 1.33. The molecule has 1 aromatic carbocycles. The number of ether oxygens (including phenoxy) is 1. The molecular weight excluding hydrogens is 230 g/mol. The first-order valence-corrected chi connectivity index (χ1v) is 7.56. The first-order valence-electron chi connectivity index (χ1n) is 6.34. The summed E-state index contributed by atoms with van der Waals surface area (Å²) < 4.78 is 5.59. The van der Waals surface area contributed by atoms with Crippen molar-refractivity contribution in [1.29, 1.82) is 0 Å². The molecule has 2 nitrogen and oxygen atoms in total. The Bertz CT molecular complexity index is 319. The topological polar surface area (TPSA) is 21.3 Å². The van der Waals surface area contributed by atoms with Gasteiger partial charge in [0, 0.05) is 18.0 Å². The highest BCUT2D eigenvalue weighted by Crippen LogP contribution is 2.15. The first-order chi connectivity index (χ1) is 8.38. The van der Waals surface area contributed by atoms with Crippen molar-refractivity contribution in [3.8, 4) is 0 Å². The molecule has 1 aromatic rings. The van der Waals surface area contributed by atoms with Gasteiger partial charge in [-0.25, -0.2) is 0 Å². The highest BCUT2D eigenvalue weighted by atomic mass is 32.2. The van der Waals surface area contributed by atoms with Crippen LogP contribution in [-0.4, -0.2) is 25.5 Å². The predicted molar refractivity (Wildman–Crippen MR) is 73.5 cm³/mol. The third-order valence-corrected chi connectivity index (χ3v) is 3.90. The van der Waals surface area contributed by atoms with E-state index in [1.165, 1.54) is 23.3 Å². The van der Waals surface area contributed by atoms with Gasteiger partial charge in [0.1, 0.15) is 0 Å². The summed E-state index contributed by atoms with van der Waals surface area (Å²) in [5.41, 5.74) is 1.36. The van der Waals surface area contributed by atoms with Crippen LogP contribution in [-0.2, 0) is 11.3 Å². The summed E-state index contributed by atoms with van der Waals surface area (Å²) in [6.07, 6.45) is 6.23. The van der Waals surface area contributed by atoms with E-state index >= 15 is 0 Å². The summed E-state index contributed by atoms with van der Waals surface area (Å²) >= 11 is 1.79. The molecule has 1 saturated heterocycles. The Morgan fingerprint density at radius 2 is 2.18 bits per heavy atom. The lowest BCUT2D eigenvalue weighted by atomic mass is 10.2. The molecule has 1 atom stereocenters. The summed E-state index contributed by atoms with van der Waals surface area (Å²) in [6.45, 7) is 2.97.